The van der Waals surface area contributed by atoms with Gasteiger partial charge in [-0.15, -0.1) is 0 Å². The monoisotopic (exact) mass is 278 g/mol. The van der Waals surface area contributed by atoms with Gasteiger partial charge in [-0.25, -0.2) is 0 Å². The van der Waals surface area contributed by atoms with Crippen LogP contribution in [-0.4, -0.2) is 38.3 Å². The summed E-state index contributed by atoms with van der Waals surface area (Å²) < 4.78 is 16.0. The van der Waals surface area contributed by atoms with Gasteiger partial charge in [0.1, 0.15) is 18.5 Å². The van der Waals surface area contributed by atoms with Crippen LogP contribution in [0.25, 0.3) is 0 Å². The van der Waals surface area contributed by atoms with E-state index in [0.29, 0.717) is 25.4 Å². The molecule has 20 heavy (non-hydrogen) atoms. The summed E-state index contributed by atoms with van der Waals surface area (Å²) in [6, 6.07) is 7.26. The van der Waals surface area contributed by atoms with Crippen LogP contribution in [0, 0.1) is 5.41 Å². The summed E-state index contributed by atoms with van der Waals surface area (Å²) >= 11 is 0. The lowest BCUT2D eigenvalue weighted by atomic mass is 9.86. The molecule has 4 nitrogen and oxygen atoms in total. The Labute approximate surface area is 120 Å². The second-order valence-electron chi connectivity index (χ2n) is 5.98. The summed E-state index contributed by atoms with van der Waals surface area (Å²) in [5.41, 5.74) is 0.355. The van der Waals surface area contributed by atoms with E-state index in [1.807, 2.05) is 45.0 Å². The fourth-order valence-corrected chi connectivity index (χ4v) is 1.73. The minimum atomic E-state index is -0.360. The van der Waals surface area contributed by atoms with Crippen LogP contribution in [0.1, 0.15) is 31.1 Å². The Bertz CT molecular complexity index is 441. The molecule has 0 saturated carbocycles. The molecule has 1 atom stereocenters. The normalized spacial score (nSPS) is 17.9. The molecule has 1 aliphatic heterocycles. The average Bonchev–Trinajstić information content (AvgIpc) is 3.21. The zero-order valence-corrected chi connectivity index (χ0v) is 12.3. The summed E-state index contributed by atoms with van der Waals surface area (Å²) in [6.45, 7) is 8.25. The molecule has 1 aliphatic rings. The fourth-order valence-electron chi connectivity index (χ4n) is 1.73. The van der Waals surface area contributed by atoms with Crippen molar-refractivity contribution in [1.29, 1.82) is 0 Å². The lowest BCUT2D eigenvalue weighted by molar-refractivity contribution is 0.0856. The van der Waals surface area contributed by atoms with Crippen LogP contribution in [0.5, 0.6) is 5.75 Å². The maximum absolute atomic E-state index is 12.1. The first-order chi connectivity index (χ1) is 9.47. The van der Waals surface area contributed by atoms with Gasteiger partial charge >= 0.3 is 0 Å². The zero-order chi connectivity index (χ0) is 14.6. The Kier molecular flexibility index (Phi) is 4.78. The van der Waals surface area contributed by atoms with Gasteiger partial charge in [-0.3, -0.25) is 4.79 Å². The fraction of sp³-hybridized carbons (Fsp3) is 0.562. The van der Waals surface area contributed by atoms with E-state index in [1.165, 1.54) is 0 Å². The highest BCUT2D eigenvalue weighted by molar-refractivity contribution is 5.99. The predicted octanol–water partition coefficient (Wildman–Crippen LogP) is 2.71. The first kappa shape index (κ1) is 15.0. The topological polar surface area (TPSA) is 48.1 Å². The number of benzene rings is 1. The van der Waals surface area contributed by atoms with Gasteiger partial charge in [0.2, 0.25) is 0 Å². The summed E-state index contributed by atoms with van der Waals surface area (Å²) in [4.78, 5) is 12.1. The van der Waals surface area contributed by atoms with Crippen LogP contribution < -0.4 is 4.74 Å². The first-order valence-corrected chi connectivity index (χ1v) is 6.94. The van der Waals surface area contributed by atoms with Crippen LogP contribution in [0.2, 0.25) is 0 Å². The molecule has 4 heteroatoms. The predicted molar refractivity (Wildman–Crippen MR) is 76.3 cm³/mol. The largest absolute Gasteiger partial charge is 0.491 e. The number of epoxide rings is 1. The maximum Gasteiger partial charge on any atom is 0.168 e. The highest BCUT2D eigenvalue weighted by Crippen LogP contribution is 2.22. The Balaban J connectivity index is 1.74. The van der Waals surface area contributed by atoms with Crippen molar-refractivity contribution >= 4 is 5.78 Å². The number of carbonyl (C=O) groups excluding carboxylic acids is 1. The van der Waals surface area contributed by atoms with E-state index < -0.39 is 0 Å². The highest BCUT2D eigenvalue weighted by Gasteiger charge is 2.23. The second-order valence-corrected chi connectivity index (χ2v) is 5.98. The molecule has 0 aliphatic carbocycles. The third kappa shape index (κ3) is 4.62. The minimum absolute atomic E-state index is 0.136. The van der Waals surface area contributed by atoms with Gasteiger partial charge in [-0.05, 0) is 24.3 Å². The molecule has 0 bridgehead atoms. The van der Waals surface area contributed by atoms with Gasteiger partial charge in [0.25, 0.3) is 0 Å². The van der Waals surface area contributed by atoms with Crippen LogP contribution in [0.3, 0.4) is 0 Å². The quantitative estimate of drug-likeness (QED) is 0.437. The van der Waals surface area contributed by atoms with Crippen molar-refractivity contribution in [1.82, 2.24) is 0 Å². The van der Waals surface area contributed by atoms with Gasteiger partial charge < -0.3 is 14.2 Å². The van der Waals surface area contributed by atoms with Gasteiger partial charge in [0.05, 0.1) is 19.8 Å². The molecular weight excluding hydrogens is 256 g/mol. The van der Waals surface area contributed by atoms with Gasteiger partial charge in [-0.2, -0.15) is 0 Å². The summed E-state index contributed by atoms with van der Waals surface area (Å²) in [6.07, 6.45) is 0.290. The van der Waals surface area contributed by atoms with Gasteiger partial charge in [0.15, 0.2) is 5.78 Å². The van der Waals surface area contributed by atoms with E-state index in [1.54, 1.807) is 0 Å². The number of ketones is 1. The standard InChI is InChI=1S/C16H22O4/c1-16(2,3)15(17)12-4-6-13(7-5-12)19-9-8-18-10-14-11-20-14/h4-7,14H,8-11H2,1-3H3. The lowest BCUT2D eigenvalue weighted by Gasteiger charge is -2.16. The molecule has 1 aromatic carbocycles. The number of hydrogen-bond donors (Lipinski definition) is 0. The number of hydrogen-bond acceptors (Lipinski definition) is 4. The van der Waals surface area contributed by atoms with E-state index >= 15 is 0 Å². The molecule has 0 spiro atoms. The Hall–Kier alpha value is -1.39. The SMILES string of the molecule is CC(C)(C)C(=O)c1ccc(OCCOCC2CO2)cc1. The van der Waals surface area contributed by atoms with Crippen molar-refractivity contribution in [3.63, 3.8) is 0 Å². The molecule has 0 amide bonds. The Morgan fingerprint density at radius 1 is 1.25 bits per heavy atom. The zero-order valence-electron chi connectivity index (χ0n) is 12.3. The molecule has 1 fully saturated rings. The third-order valence-electron chi connectivity index (χ3n) is 3.00. The molecule has 0 N–H and O–H groups in total. The van der Waals surface area contributed by atoms with Crippen LogP contribution in [-0.2, 0) is 9.47 Å². The molecule has 110 valence electrons. The maximum atomic E-state index is 12.1. The van der Waals surface area contributed by atoms with Gasteiger partial charge in [-0.1, -0.05) is 20.8 Å². The van der Waals surface area contributed by atoms with Crippen molar-refractivity contribution < 1.29 is 19.0 Å². The van der Waals surface area contributed by atoms with Crippen LogP contribution >= 0.6 is 0 Å². The van der Waals surface area contributed by atoms with E-state index in [9.17, 15) is 4.79 Å². The molecule has 1 unspecified atom stereocenters. The van der Waals surface area contributed by atoms with Crippen molar-refractivity contribution in [2.75, 3.05) is 26.4 Å². The van der Waals surface area contributed by atoms with E-state index in [0.717, 1.165) is 12.4 Å². The number of rotatable bonds is 7. The van der Waals surface area contributed by atoms with Crippen LogP contribution in [0.15, 0.2) is 24.3 Å². The third-order valence-corrected chi connectivity index (χ3v) is 3.00. The minimum Gasteiger partial charge on any atom is -0.491 e. The molecule has 0 aromatic heterocycles. The molecule has 1 aromatic rings. The first-order valence-electron chi connectivity index (χ1n) is 6.94. The van der Waals surface area contributed by atoms with Crippen LogP contribution in [0.4, 0.5) is 0 Å². The summed E-state index contributed by atoms with van der Waals surface area (Å²) in [5.74, 6) is 0.888. The van der Waals surface area contributed by atoms with E-state index in [2.05, 4.69) is 0 Å². The molecule has 0 radical (unpaired) electrons. The number of Topliss-reactive ketones (excluding diaryl/α,β-unsaturated/α-hetero) is 1. The number of carbonyl (C=O) groups is 1. The molecule has 1 heterocycles. The van der Waals surface area contributed by atoms with Crippen molar-refractivity contribution in [2.24, 2.45) is 5.41 Å². The highest BCUT2D eigenvalue weighted by atomic mass is 16.6. The summed E-state index contributed by atoms with van der Waals surface area (Å²) in [5, 5.41) is 0. The Morgan fingerprint density at radius 2 is 1.90 bits per heavy atom. The van der Waals surface area contributed by atoms with Crippen molar-refractivity contribution in [2.45, 2.75) is 26.9 Å². The van der Waals surface area contributed by atoms with Crippen molar-refractivity contribution in [3.8, 4) is 5.75 Å². The summed E-state index contributed by atoms with van der Waals surface area (Å²) in [7, 11) is 0. The van der Waals surface area contributed by atoms with Gasteiger partial charge in [0, 0.05) is 11.0 Å². The molecule has 2 rings (SSSR count). The average molecular weight is 278 g/mol. The van der Waals surface area contributed by atoms with Crippen molar-refractivity contribution in [3.05, 3.63) is 29.8 Å². The second kappa shape index (κ2) is 6.37. The Morgan fingerprint density at radius 3 is 2.45 bits per heavy atom. The van der Waals surface area contributed by atoms with E-state index in [-0.39, 0.29) is 17.3 Å². The smallest absolute Gasteiger partial charge is 0.168 e. The van der Waals surface area contributed by atoms with E-state index in [4.69, 9.17) is 14.2 Å². The molecular formula is C16H22O4. The number of ether oxygens (including phenoxy) is 3. The molecule has 1 saturated heterocycles. The lowest BCUT2D eigenvalue weighted by Crippen LogP contribution is -2.20.